The van der Waals surface area contributed by atoms with Gasteiger partial charge < -0.3 is 9.47 Å². The standard InChI is InChI=1S/C26H24N4O5/c1-26(2,3)35-23-21(30(32)33)14-17(15-22(23)34-4)16-27-29-24(18-10-6-5-7-11-18)28-20-13-9-8-12-19(20)25(29)31/h5-16H,1-4H3. The predicted molar refractivity (Wildman–Crippen MR) is 134 cm³/mol. The van der Waals surface area contributed by atoms with Crippen molar-refractivity contribution in [2.75, 3.05) is 7.11 Å². The molecule has 178 valence electrons. The second kappa shape index (κ2) is 9.38. The van der Waals surface area contributed by atoms with Crippen molar-refractivity contribution in [2.45, 2.75) is 26.4 Å². The van der Waals surface area contributed by atoms with Crippen LogP contribution < -0.4 is 15.0 Å². The van der Waals surface area contributed by atoms with Crippen LogP contribution in [-0.2, 0) is 0 Å². The zero-order valence-electron chi connectivity index (χ0n) is 19.8. The van der Waals surface area contributed by atoms with E-state index in [1.807, 2.05) is 36.4 Å². The van der Waals surface area contributed by atoms with E-state index in [4.69, 9.17) is 9.47 Å². The fourth-order valence-corrected chi connectivity index (χ4v) is 3.51. The number of nitro groups is 1. The van der Waals surface area contributed by atoms with Crippen molar-refractivity contribution in [3.8, 4) is 22.9 Å². The zero-order chi connectivity index (χ0) is 25.2. The largest absolute Gasteiger partial charge is 0.493 e. The predicted octanol–water partition coefficient (Wildman–Crippen LogP) is 5.04. The third-order valence-electron chi connectivity index (χ3n) is 4.99. The van der Waals surface area contributed by atoms with Crippen LogP contribution in [0.2, 0.25) is 0 Å². The summed E-state index contributed by atoms with van der Waals surface area (Å²) in [4.78, 5) is 29.2. The smallest absolute Gasteiger partial charge is 0.315 e. The van der Waals surface area contributed by atoms with Crippen molar-refractivity contribution in [2.24, 2.45) is 5.10 Å². The van der Waals surface area contributed by atoms with Gasteiger partial charge in [-0.05, 0) is 39.0 Å². The van der Waals surface area contributed by atoms with Gasteiger partial charge in [0.15, 0.2) is 11.6 Å². The fraction of sp³-hybridized carbons (Fsp3) is 0.192. The van der Waals surface area contributed by atoms with Gasteiger partial charge in [-0.15, -0.1) is 0 Å². The Hall–Kier alpha value is -4.53. The first kappa shape index (κ1) is 23.6. The maximum Gasteiger partial charge on any atom is 0.315 e. The van der Waals surface area contributed by atoms with Crippen LogP contribution in [0.5, 0.6) is 11.5 Å². The summed E-state index contributed by atoms with van der Waals surface area (Å²) in [6.45, 7) is 5.36. The van der Waals surface area contributed by atoms with Gasteiger partial charge in [-0.25, -0.2) is 4.98 Å². The Kier molecular flexibility index (Phi) is 6.33. The van der Waals surface area contributed by atoms with Gasteiger partial charge >= 0.3 is 5.69 Å². The molecular formula is C26H24N4O5. The molecule has 0 saturated heterocycles. The van der Waals surface area contributed by atoms with E-state index in [2.05, 4.69) is 10.1 Å². The second-order valence-electron chi connectivity index (χ2n) is 8.72. The first-order chi connectivity index (χ1) is 16.7. The van der Waals surface area contributed by atoms with Crippen LogP contribution in [0.3, 0.4) is 0 Å². The molecule has 0 aliphatic rings. The molecule has 9 heteroatoms. The number of fused-ring (bicyclic) bond motifs is 1. The molecule has 0 fully saturated rings. The summed E-state index contributed by atoms with van der Waals surface area (Å²) in [7, 11) is 1.40. The number of para-hydroxylation sites is 1. The number of ether oxygens (including phenoxy) is 2. The summed E-state index contributed by atoms with van der Waals surface area (Å²) in [6.07, 6.45) is 1.36. The van der Waals surface area contributed by atoms with Crippen molar-refractivity contribution in [3.63, 3.8) is 0 Å². The number of nitro benzene ring substituents is 1. The minimum Gasteiger partial charge on any atom is -0.493 e. The highest BCUT2D eigenvalue weighted by molar-refractivity contribution is 5.84. The lowest BCUT2D eigenvalue weighted by Crippen LogP contribution is -2.24. The Bertz CT molecular complexity index is 1490. The highest BCUT2D eigenvalue weighted by Crippen LogP contribution is 2.40. The lowest BCUT2D eigenvalue weighted by molar-refractivity contribution is -0.386. The fourth-order valence-electron chi connectivity index (χ4n) is 3.51. The van der Waals surface area contributed by atoms with E-state index in [-0.39, 0.29) is 22.7 Å². The van der Waals surface area contributed by atoms with E-state index in [9.17, 15) is 14.9 Å². The zero-order valence-corrected chi connectivity index (χ0v) is 19.8. The van der Waals surface area contributed by atoms with Crippen LogP contribution in [0.25, 0.3) is 22.3 Å². The molecule has 0 atom stereocenters. The third-order valence-corrected chi connectivity index (χ3v) is 4.99. The Morgan fingerprint density at radius 1 is 1.06 bits per heavy atom. The molecule has 0 aliphatic carbocycles. The van der Waals surface area contributed by atoms with Gasteiger partial charge in [-0.3, -0.25) is 14.9 Å². The van der Waals surface area contributed by atoms with Crippen molar-refractivity contribution in [3.05, 3.63) is 92.8 Å². The summed E-state index contributed by atoms with van der Waals surface area (Å²) in [6, 6.07) is 19.1. The molecule has 0 radical (unpaired) electrons. The highest BCUT2D eigenvalue weighted by atomic mass is 16.6. The Labute approximate surface area is 201 Å². The average molecular weight is 473 g/mol. The average Bonchev–Trinajstić information content (AvgIpc) is 2.83. The monoisotopic (exact) mass is 472 g/mol. The maximum atomic E-state index is 13.3. The number of hydrogen-bond acceptors (Lipinski definition) is 7. The van der Waals surface area contributed by atoms with E-state index in [0.29, 0.717) is 27.9 Å². The minimum atomic E-state index is -0.678. The van der Waals surface area contributed by atoms with Crippen LogP contribution in [0.1, 0.15) is 26.3 Å². The number of hydrogen-bond donors (Lipinski definition) is 0. The molecule has 35 heavy (non-hydrogen) atoms. The molecule has 0 N–H and O–H groups in total. The van der Waals surface area contributed by atoms with Gasteiger partial charge in [0.25, 0.3) is 5.56 Å². The molecule has 3 aromatic carbocycles. The van der Waals surface area contributed by atoms with Crippen LogP contribution in [0.15, 0.2) is 76.6 Å². The Morgan fingerprint density at radius 3 is 2.40 bits per heavy atom. The summed E-state index contributed by atoms with van der Waals surface area (Å²) in [5.41, 5.74) is 0.290. The Balaban J connectivity index is 1.89. The molecule has 0 aliphatic heterocycles. The van der Waals surface area contributed by atoms with Crippen LogP contribution in [0.4, 0.5) is 5.69 Å². The summed E-state index contributed by atoms with van der Waals surface area (Å²) < 4.78 is 12.4. The molecule has 1 aromatic heterocycles. The quantitative estimate of drug-likeness (QED) is 0.221. The van der Waals surface area contributed by atoms with E-state index in [0.717, 1.165) is 0 Å². The molecule has 1 heterocycles. The summed E-state index contributed by atoms with van der Waals surface area (Å²) in [5.74, 6) is 0.555. The Morgan fingerprint density at radius 2 is 1.74 bits per heavy atom. The SMILES string of the molecule is COc1cc(C=Nn2c(-c3ccccc3)nc3ccccc3c2=O)cc([N+](=O)[O-])c1OC(C)(C)C. The molecule has 0 saturated carbocycles. The van der Waals surface area contributed by atoms with Crippen LogP contribution in [0, 0.1) is 10.1 Å². The van der Waals surface area contributed by atoms with E-state index in [1.54, 1.807) is 45.0 Å². The van der Waals surface area contributed by atoms with Crippen molar-refractivity contribution < 1.29 is 14.4 Å². The third kappa shape index (κ3) is 5.03. The lowest BCUT2D eigenvalue weighted by atomic mass is 10.1. The van der Waals surface area contributed by atoms with Crippen LogP contribution >= 0.6 is 0 Å². The topological polar surface area (TPSA) is 109 Å². The molecule has 4 aromatic rings. The van der Waals surface area contributed by atoms with E-state index >= 15 is 0 Å². The number of benzene rings is 3. The molecular weight excluding hydrogens is 448 g/mol. The van der Waals surface area contributed by atoms with Gasteiger partial charge in [0.2, 0.25) is 5.75 Å². The van der Waals surface area contributed by atoms with Gasteiger partial charge in [0.05, 0.1) is 29.2 Å². The number of rotatable bonds is 6. The van der Waals surface area contributed by atoms with E-state index < -0.39 is 10.5 Å². The number of methoxy groups -OCH3 is 1. The minimum absolute atomic E-state index is 0.0247. The molecule has 9 nitrogen and oxygen atoms in total. The van der Waals surface area contributed by atoms with Gasteiger partial charge in [-0.1, -0.05) is 42.5 Å². The molecule has 4 rings (SSSR count). The molecule has 0 bridgehead atoms. The van der Waals surface area contributed by atoms with Crippen molar-refractivity contribution in [1.29, 1.82) is 0 Å². The van der Waals surface area contributed by atoms with Crippen LogP contribution in [-0.4, -0.2) is 33.5 Å². The molecule has 0 spiro atoms. The summed E-state index contributed by atoms with van der Waals surface area (Å²) >= 11 is 0. The maximum absolute atomic E-state index is 13.3. The van der Waals surface area contributed by atoms with Gasteiger partial charge in [-0.2, -0.15) is 9.78 Å². The second-order valence-corrected chi connectivity index (χ2v) is 8.72. The molecule has 0 unspecified atom stereocenters. The van der Waals surface area contributed by atoms with Gasteiger partial charge in [0.1, 0.15) is 5.60 Å². The highest BCUT2D eigenvalue weighted by Gasteiger charge is 2.26. The normalized spacial score (nSPS) is 11.7. The number of aromatic nitrogens is 2. The molecule has 0 amide bonds. The van der Waals surface area contributed by atoms with Crippen molar-refractivity contribution in [1.82, 2.24) is 9.66 Å². The van der Waals surface area contributed by atoms with Gasteiger partial charge in [0, 0.05) is 17.2 Å². The lowest BCUT2D eigenvalue weighted by Gasteiger charge is -2.22. The summed E-state index contributed by atoms with van der Waals surface area (Å²) in [5, 5.41) is 16.6. The first-order valence-corrected chi connectivity index (χ1v) is 10.8. The van der Waals surface area contributed by atoms with E-state index in [1.165, 1.54) is 24.1 Å². The number of nitrogens with zero attached hydrogens (tertiary/aromatic N) is 4. The first-order valence-electron chi connectivity index (χ1n) is 10.8. The van der Waals surface area contributed by atoms with Crippen molar-refractivity contribution >= 4 is 22.8 Å².